The highest BCUT2D eigenvalue weighted by atomic mass is 31.2. The van der Waals surface area contributed by atoms with Gasteiger partial charge in [-0.3, -0.25) is 15.9 Å². The molecule has 0 bridgehead atoms. The molecule has 5 rings (SSSR count). The van der Waals surface area contributed by atoms with Crippen molar-refractivity contribution in [3.05, 3.63) is 150 Å². The Labute approximate surface area is 267 Å². The van der Waals surface area contributed by atoms with E-state index in [1.165, 1.54) is 12.1 Å². The van der Waals surface area contributed by atoms with E-state index >= 15 is 0 Å². The van der Waals surface area contributed by atoms with E-state index in [0.717, 1.165) is 21.9 Å². The third-order valence-corrected chi connectivity index (χ3v) is 9.47. The van der Waals surface area contributed by atoms with Crippen LogP contribution in [0.3, 0.4) is 0 Å². The van der Waals surface area contributed by atoms with Crippen molar-refractivity contribution in [1.29, 1.82) is 0 Å². The minimum absolute atomic E-state index is 0.00888. The molecule has 2 amide bonds. The summed E-state index contributed by atoms with van der Waals surface area (Å²) < 4.78 is 5.42. The number of carbonyl (C=O) groups is 2. The maximum atomic E-state index is 14.0. The van der Waals surface area contributed by atoms with E-state index in [4.69, 9.17) is 15.9 Å². The third kappa shape index (κ3) is 8.28. The van der Waals surface area contributed by atoms with Crippen LogP contribution in [0.25, 0.3) is 10.8 Å². The van der Waals surface area contributed by atoms with Gasteiger partial charge in [0.15, 0.2) is 0 Å². The first-order valence-corrected chi connectivity index (χ1v) is 16.3. The van der Waals surface area contributed by atoms with E-state index in [2.05, 4.69) is 10.6 Å². The average molecular weight is 635 g/mol. The first kappa shape index (κ1) is 32.2. The molecule has 5 aromatic rings. The number of alkyl carbamates (subject to hydrolysis) is 1. The van der Waals surface area contributed by atoms with Crippen LogP contribution in [0.4, 0.5) is 4.79 Å². The summed E-state index contributed by atoms with van der Waals surface area (Å²) in [5.41, 5.74) is 8.42. The van der Waals surface area contributed by atoms with Gasteiger partial charge in [-0.05, 0) is 52.2 Å². The fraction of sp³-hybridized carbons (Fsp3) is 0.111. The van der Waals surface area contributed by atoms with Crippen LogP contribution in [-0.4, -0.2) is 34.2 Å². The lowest BCUT2D eigenvalue weighted by atomic mass is 10.0. The van der Waals surface area contributed by atoms with E-state index in [1.807, 2.05) is 72.8 Å². The number of amides is 2. The van der Waals surface area contributed by atoms with E-state index in [9.17, 15) is 19.4 Å². The minimum Gasteiger partial charge on any atom is -0.804 e. The van der Waals surface area contributed by atoms with Crippen LogP contribution in [0, 0.1) is 0 Å². The molecule has 0 aromatic heterocycles. The molecule has 0 spiro atoms. The molecule has 234 valence electrons. The number of nitrogens with two attached hydrogens (primary N) is 2. The molecule has 1 unspecified atom stereocenters. The van der Waals surface area contributed by atoms with E-state index in [0.29, 0.717) is 11.1 Å². The van der Waals surface area contributed by atoms with Gasteiger partial charge in [0.25, 0.3) is 5.84 Å². The number of amidine groups is 1. The molecular formula is C36H35N4O5P. The monoisotopic (exact) mass is 634 g/mol. The molecule has 9 nitrogen and oxygen atoms in total. The Balaban J connectivity index is 1.45. The smallest absolute Gasteiger partial charge is 0.408 e. The quantitative estimate of drug-likeness (QED) is 0.0850. The van der Waals surface area contributed by atoms with Gasteiger partial charge in [0.2, 0.25) is 5.91 Å². The number of fused-ring (bicyclic) bond motifs is 1. The molecule has 0 saturated carbocycles. The van der Waals surface area contributed by atoms with Crippen molar-refractivity contribution >= 4 is 46.7 Å². The lowest BCUT2D eigenvalue weighted by Gasteiger charge is -2.32. The number of carbonyl (C=O) groups excluding carboxylic acids is 2. The van der Waals surface area contributed by atoms with Crippen molar-refractivity contribution in [2.24, 2.45) is 5.73 Å². The number of hydrogen-bond acceptors (Lipinski definition) is 5. The fourth-order valence-electron chi connectivity index (χ4n) is 4.97. The van der Waals surface area contributed by atoms with Crippen LogP contribution in [-0.2, 0) is 29.0 Å². The average Bonchev–Trinajstić information content (AvgIpc) is 3.07. The molecule has 46 heavy (non-hydrogen) atoms. The van der Waals surface area contributed by atoms with Crippen molar-refractivity contribution in [3.63, 3.8) is 0 Å². The molecule has 0 aliphatic rings. The molecule has 10 heteroatoms. The lowest BCUT2D eigenvalue weighted by molar-refractivity contribution is -0.175. The molecular weight excluding hydrogens is 599 g/mol. The summed E-state index contributed by atoms with van der Waals surface area (Å²) >= 11 is 0. The molecule has 5 aromatic carbocycles. The summed E-state index contributed by atoms with van der Waals surface area (Å²) in [6.07, 6.45) is -0.751. The van der Waals surface area contributed by atoms with Gasteiger partial charge in [-0.2, -0.15) is 0 Å². The van der Waals surface area contributed by atoms with Gasteiger partial charge in [-0.25, -0.2) is 4.79 Å². The molecule has 0 saturated heterocycles. The molecule has 0 aliphatic heterocycles. The van der Waals surface area contributed by atoms with Gasteiger partial charge in [-0.15, -0.1) is 0 Å². The highest BCUT2D eigenvalue weighted by Crippen LogP contribution is 2.33. The molecule has 7 N–H and O–H groups in total. The second-order valence-corrected chi connectivity index (χ2v) is 13.0. The van der Waals surface area contributed by atoms with Gasteiger partial charge >= 0.3 is 6.09 Å². The van der Waals surface area contributed by atoms with Crippen molar-refractivity contribution < 1.29 is 29.5 Å². The zero-order valence-electron chi connectivity index (χ0n) is 25.0. The zero-order valence-corrected chi connectivity index (χ0v) is 25.9. The van der Waals surface area contributed by atoms with Crippen molar-refractivity contribution in [2.45, 2.75) is 25.5 Å². The van der Waals surface area contributed by atoms with Crippen LogP contribution in [0.15, 0.2) is 127 Å². The molecule has 2 atom stereocenters. The fourth-order valence-corrected chi connectivity index (χ4v) is 6.52. The van der Waals surface area contributed by atoms with Gasteiger partial charge in [0.1, 0.15) is 12.6 Å². The molecule has 0 aliphatic carbocycles. The highest BCUT2D eigenvalue weighted by molar-refractivity contribution is 7.71. The second kappa shape index (κ2) is 14.7. The summed E-state index contributed by atoms with van der Waals surface area (Å²) in [5, 5.41) is 13.3. The van der Waals surface area contributed by atoms with Crippen LogP contribution in [0.1, 0.15) is 22.3 Å². The Morgan fingerprint density at radius 2 is 1.41 bits per heavy atom. The summed E-state index contributed by atoms with van der Waals surface area (Å²) in [7, 11) is -4.26. The molecule has 0 fully saturated rings. The van der Waals surface area contributed by atoms with Crippen LogP contribution in [0.5, 0.6) is 0 Å². The number of nitrogens with one attached hydrogen (secondary N) is 2. The highest BCUT2D eigenvalue weighted by Gasteiger charge is 2.25. The summed E-state index contributed by atoms with van der Waals surface area (Å²) in [6, 6.07) is 36.6. The van der Waals surface area contributed by atoms with Crippen LogP contribution >= 0.6 is 7.34 Å². The standard InChI is InChI=1S/C36H34N4O5P/c37-34(38)29-19-15-25(16-20-29)23-33(46(43,44)31-13-5-2-6-14-31)40-35(41)32(39-36(42)45-24-26-9-3-1-4-10-26)22-27-17-18-28-11-7-8-12-30(28)21-27/h1-21,32H,22-24H2,(H6-,37,38,39,40,41,42,43,44)/q-1/p+1/t32-/m1/s1. The lowest BCUT2D eigenvalue weighted by Crippen LogP contribution is -2.51. The van der Waals surface area contributed by atoms with Gasteiger partial charge < -0.3 is 25.2 Å². The largest absolute Gasteiger partial charge is 0.804 e. The predicted octanol–water partition coefficient (Wildman–Crippen LogP) is 2.16. The van der Waals surface area contributed by atoms with Gasteiger partial charge in [0.05, 0.1) is 5.56 Å². The molecule has 0 heterocycles. The SMILES string of the molecule is NC(=[NH2+])c1ccc(CC(NC(=O)[C@@H](Cc2ccc3ccccc3c2)NC(=O)OCc2ccccc2)=P([O-])(O)c2ccccc2)cc1. The Hall–Kier alpha value is -5.21. The number of hydrogen-bond donors (Lipinski definition) is 5. The first-order chi connectivity index (χ1) is 22.2. The Morgan fingerprint density at radius 3 is 2.09 bits per heavy atom. The van der Waals surface area contributed by atoms with Crippen molar-refractivity contribution in [2.75, 3.05) is 0 Å². The minimum atomic E-state index is -4.26. The zero-order chi connectivity index (χ0) is 32.5. The first-order valence-electron chi connectivity index (χ1n) is 14.7. The third-order valence-electron chi connectivity index (χ3n) is 7.47. The van der Waals surface area contributed by atoms with Crippen LogP contribution in [0.2, 0.25) is 0 Å². The Bertz CT molecular complexity index is 1890. The van der Waals surface area contributed by atoms with Gasteiger partial charge in [-0.1, -0.05) is 115 Å². The topological polar surface area (TPSA) is 162 Å². The summed E-state index contributed by atoms with van der Waals surface area (Å²) in [5.74, 6) is -0.524. The maximum Gasteiger partial charge on any atom is 0.408 e. The van der Waals surface area contributed by atoms with Crippen LogP contribution < -0.4 is 32.0 Å². The second-order valence-electron chi connectivity index (χ2n) is 10.8. The van der Waals surface area contributed by atoms with E-state index < -0.39 is 25.4 Å². The summed E-state index contributed by atoms with van der Waals surface area (Å²) in [6.45, 7) is 0.00888. The Kier molecular flexibility index (Phi) is 10.3. The Morgan fingerprint density at radius 1 is 0.804 bits per heavy atom. The maximum absolute atomic E-state index is 14.0. The van der Waals surface area contributed by atoms with Crippen molar-refractivity contribution in [1.82, 2.24) is 10.6 Å². The summed E-state index contributed by atoms with van der Waals surface area (Å²) in [4.78, 5) is 52.4. The normalized spacial score (nSPS) is 12.8. The van der Waals surface area contributed by atoms with Crippen molar-refractivity contribution in [3.8, 4) is 0 Å². The predicted molar refractivity (Wildman–Crippen MR) is 180 cm³/mol. The number of benzene rings is 5. The van der Waals surface area contributed by atoms with E-state index in [1.54, 1.807) is 42.5 Å². The number of ether oxygens (including phenoxy) is 1. The number of rotatable bonds is 11. The van der Waals surface area contributed by atoms with Gasteiger partial charge in [0, 0.05) is 18.3 Å². The van der Waals surface area contributed by atoms with E-state index in [-0.39, 0.29) is 36.0 Å². The molecule has 0 radical (unpaired) electrons.